The van der Waals surface area contributed by atoms with Crippen LogP contribution in [0.25, 0.3) is 0 Å². The van der Waals surface area contributed by atoms with Gasteiger partial charge in [-0.1, -0.05) is 0 Å². The molecule has 180 valence electrons. The van der Waals surface area contributed by atoms with E-state index in [-0.39, 0.29) is 20.9 Å². The number of halogens is 6. The highest BCUT2D eigenvalue weighted by Gasteiger charge is 2.40. The number of benzene rings is 1. The lowest BCUT2D eigenvalue weighted by atomic mass is 10.1. The average Bonchev–Trinajstić information content (AvgIpc) is 3.10. The summed E-state index contributed by atoms with van der Waals surface area (Å²) in [4.78, 5) is 13.6. The van der Waals surface area contributed by atoms with E-state index in [1.807, 2.05) is 0 Å². The van der Waals surface area contributed by atoms with E-state index < -0.39 is 64.2 Å². The topological polar surface area (TPSA) is 90.6 Å². The summed E-state index contributed by atoms with van der Waals surface area (Å²) in [5.41, 5.74) is -2.02. The number of carbonyl (C=O) groups excluding carboxylic acids is 1. The number of hydrogen-bond donors (Lipinski definition) is 0. The van der Waals surface area contributed by atoms with Crippen LogP contribution < -0.4 is 9.47 Å². The number of amides is 1. The maximum Gasteiger partial charge on any atom is 0.425 e. The van der Waals surface area contributed by atoms with Crippen LogP contribution in [0.5, 0.6) is 5.75 Å². The Bertz CT molecular complexity index is 1210. The van der Waals surface area contributed by atoms with Crippen LogP contribution in [0.3, 0.4) is 0 Å². The molecule has 0 radical (unpaired) electrons. The van der Waals surface area contributed by atoms with E-state index >= 15 is 0 Å². The first kappa shape index (κ1) is 24.6. The number of ether oxygens (including phenoxy) is 1. The molecule has 0 aliphatic carbocycles. The number of nitrogens with zero attached hydrogens (tertiary/aromatic N) is 2. The summed E-state index contributed by atoms with van der Waals surface area (Å²) in [6.45, 7) is -0.200. The Hall–Kier alpha value is -3.03. The molecule has 7 nitrogen and oxygen atoms in total. The van der Waals surface area contributed by atoms with E-state index in [0.717, 1.165) is 29.4 Å². The quantitative estimate of drug-likeness (QED) is 0.367. The molecule has 1 aliphatic rings. The van der Waals surface area contributed by atoms with Gasteiger partial charge in [0, 0.05) is 11.8 Å². The minimum absolute atomic E-state index is 0.0263. The zero-order valence-corrected chi connectivity index (χ0v) is 17.8. The van der Waals surface area contributed by atoms with Crippen LogP contribution in [0.2, 0.25) is 0 Å². The second kappa shape index (κ2) is 8.08. The molecule has 1 aliphatic heterocycles. The monoisotopic (exact) mass is 498 g/mol. The van der Waals surface area contributed by atoms with Crippen molar-refractivity contribution in [2.75, 3.05) is 6.26 Å². The van der Waals surface area contributed by atoms with E-state index in [1.54, 1.807) is 0 Å². The Morgan fingerprint density at radius 3 is 2.33 bits per heavy atom. The van der Waals surface area contributed by atoms with Gasteiger partial charge in [0.05, 0.1) is 17.0 Å². The Kier molecular flexibility index (Phi) is 6.02. The lowest BCUT2D eigenvalue weighted by molar-refractivity contribution is -0.615. The van der Waals surface area contributed by atoms with Crippen LogP contribution in [-0.4, -0.2) is 37.8 Å². The van der Waals surface area contributed by atoms with Crippen LogP contribution in [0.4, 0.5) is 26.3 Å². The summed E-state index contributed by atoms with van der Waals surface area (Å²) in [6.07, 6.45) is -10.8. The number of alkyl halides is 6. The number of aromatic nitrogens is 1. The van der Waals surface area contributed by atoms with Gasteiger partial charge in [-0.2, -0.15) is 31.1 Å². The van der Waals surface area contributed by atoms with Gasteiger partial charge < -0.3 is 14.8 Å². The molecule has 2 heterocycles. The molecule has 0 fully saturated rings. The molecule has 1 amide bonds. The molecule has 1 aromatic heterocycles. The van der Waals surface area contributed by atoms with Gasteiger partial charge in [-0.15, -0.1) is 0 Å². The van der Waals surface area contributed by atoms with Crippen molar-refractivity contribution in [2.24, 2.45) is 0 Å². The maximum atomic E-state index is 13.1. The minimum atomic E-state index is -4.81. The van der Waals surface area contributed by atoms with E-state index in [4.69, 9.17) is 4.74 Å². The molecule has 2 aromatic rings. The molecular weight excluding hydrogens is 482 g/mol. The van der Waals surface area contributed by atoms with E-state index in [2.05, 4.69) is 0 Å². The highest BCUT2D eigenvalue weighted by molar-refractivity contribution is 7.90. The highest BCUT2D eigenvalue weighted by atomic mass is 32.2. The van der Waals surface area contributed by atoms with Crippen LogP contribution >= 0.6 is 0 Å². The number of carbonyl (C=O) groups is 1. The molecule has 0 N–H and O–H groups in total. The largest absolute Gasteiger partial charge is 0.618 e. The van der Waals surface area contributed by atoms with Crippen molar-refractivity contribution in [1.29, 1.82) is 0 Å². The summed E-state index contributed by atoms with van der Waals surface area (Å²) in [6, 6.07) is 3.38. The molecule has 1 atom stereocenters. The first-order valence-electron chi connectivity index (χ1n) is 9.17. The predicted octanol–water partition coefficient (Wildman–Crippen LogP) is 3.23. The van der Waals surface area contributed by atoms with Gasteiger partial charge in [0.2, 0.25) is 5.69 Å². The molecule has 33 heavy (non-hydrogen) atoms. The van der Waals surface area contributed by atoms with Gasteiger partial charge in [0.25, 0.3) is 5.91 Å². The first-order valence-corrected chi connectivity index (χ1v) is 11.1. The summed E-state index contributed by atoms with van der Waals surface area (Å²) in [7, 11) is -3.87. The normalized spacial score (nSPS) is 15.3. The molecule has 0 saturated carbocycles. The number of rotatable bonds is 4. The first-order chi connectivity index (χ1) is 15.0. The van der Waals surface area contributed by atoms with Crippen molar-refractivity contribution >= 4 is 15.7 Å². The van der Waals surface area contributed by atoms with Crippen molar-refractivity contribution < 1.29 is 49.0 Å². The van der Waals surface area contributed by atoms with E-state index in [1.165, 1.54) is 0 Å². The second-order valence-corrected chi connectivity index (χ2v) is 9.43. The fourth-order valence-electron chi connectivity index (χ4n) is 3.14. The van der Waals surface area contributed by atoms with E-state index in [0.29, 0.717) is 19.2 Å². The fraction of sp³-hybridized carbons (Fsp3) is 0.368. The van der Waals surface area contributed by atoms with Gasteiger partial charge in [-0.25, -0.2) is 8.42 Å². The Labute approximate surface area is 183 Å². The molecule has 14 heteroatoms. The second-order valence-electron chi connectivity index (χ2n) is 7.42. The van der Waals surface area contributed by atoms with Crippen molar-refractivity contribution in [3.8, 4) is 5.75 Å². The van der Waals surface area contributed by atoms with Gasteiger partial charge >= 0.3 is 12.4 Å². The third kappa shape index (κ3) is 5.15. The van der Waals surface area contributed by atoms with E-state index in [9.17, 15) is 44.8 Å². The smallest absolute Gasteiger partial charge is 0.425 e. The Morgan fingerprint density at radius 1 is 1.15 bits per heavy atom. The van der Waals surface area contributed by atoms with Crippen molar-refractivity contribution in [3.05, 3.63) is 58.1 Å². The Morgan fingerprint density at radius 2 is 1.79 bits per heavy atom. The fourth-order valence-corrected chi connectivity index (χ4v) is 3.79. The molecular formula is C19H16F6N2O5S. The predicted molar refractivity (Wildman–Crippen MR) is 99.7 cm³/mol. The molecule has 0 saturated heterocycles. The van der Waals surface area contributed by atoms with Gasteiger partial charge in [-0.05, 0) is 31.2 Å². The molecule has 0 spiro atoms. The van der Waals surface area contributed by atoms with Crippen molar-refractivity contribution in [1.82, 2.24) is 4.90 Å². The summed E-state index contributed by atoms with van der Waals surface area (Å²) >= 11 is 0. The minimum Gasteiger partial charge on any atom is -0.618 e. The molecule has 1 aromatic carbocycles. The summed E-state index contributed by atoms with van der Waals surface area (Å²) in [5.74, 6) is -1.59. The Balaban J connectivity index is 2.00. The number of fused-ring (bicyclic) bond motifs is 1. The SMILES string of the molecule is C[C@H](Oc1ccc(S(C)(=O)=O)cc1C(=O)N1Cc2cc(C(F)(F)F)c[n+]([O-])c2C1)C(F)(F)F. The zero-order chi connectivity index (χ0) is 24.9. The average molecular weight is 498 g/mol. The molecule has 0 bridgehead atoms. The standard InChI is InChI=1S/C19H16F6N2O5S/c1-10(18(20,21)22)32-16-4-3-13(33(2,30)31)6-14(16)17(28)26-7-11-5-12(19(23,24)25)8-27(29)15(11)9-26/h3-6,8,10H,7,9H2,1-2H3/t10-/m0/s1. The molecule has 0 unspecified atom stereocenters. The number of hydrogen-bond acceptors (Lipinski definition) is 5. The van der Waals surface area contributed by atoms with Crippen molar-refractivity contribution in [2.45, 2.75) is 43.4 Å². The maximum absolute atomic E-state index is 13.1. The number of pyridine rings is 1. The van der Waals surface area contributed by atoms with Crippen LogP contribution in [0, 0.1) is 5.21 Å². The van der Waals surface area contributed by atoms with Crippen molar-refractivity contribution in [3.63, 3.8) is 0 Å². The lowest BCUT2D eigenvalue weighted by Gasteiger charge is -2.22. The van der Waals surface area contributed by atoms with Crippen LogP contribution in [0.15, 0.2) is 35.4 Å². The summed E-state index contributed by atoms with van der Waals surface area (Å²) < 4.78 is 106. The molecule has 3 rings (SSSR count). The summed E-state index contributed by atoms with van der Waals surface area (Å²) in [5, 5.41) is 12.0. The number of sulfone groups is 1. The highest BCUT2D eigenvalue weighted by Crippen LogP contribution is 2.34. The lowest BCUT2D eigenvalue weighted by Crippen LogP contribution is -2.35. The van der Waals surface area contributed by atoms with Crippen LogP contribution in [0.1, 0.15) is 34.1 Å². The zero-order valence-electron chi connectivity index (χ0n) is 17.0. The van der Waals surface area contributed by atoms with Gasteiger partial charge in [0.1, 0.15) is 17.9 Å². The van der Waals surface area contributed by atoms with Crippen LogP contribution in [-0.2, 0) is 29.1 Å². The third-order valence-electron chi connectivity index (χ3n) is 4.91. The van der Waals surface area contributed by atoms with Gasteiger partial charge in [0.15, 0.2) is 22.1 Å². The van der Waals surface area contributed by atoms with Gasteiger partial charge in [-0.3, -0.25) is 4.79 Å². The third-order valence-corrected chi connectivity index (χ3v) is 6.02.